The van der Waals surface area contributed by atoms with Gasteiger partial charge in [-0.15, -0.1) is 0 Å². The summed E-state index contributed by atoms with van der Waals surface area (Å²) in [6, 6.07) is 8.35. The Kier molecular flexibility index (Phi) is 6.31. The van der Waals surface area contributed by atoms with E-state index < -0.39 is 0 Å². The monoisotopic (exact) mass is 386 g/mol. The molecule has 3 rings (SSSR count). The van der Waals surface area contributed by atoms with E-state index in [1.54, 1.807) is 6.92 Å². The Morgan fingerprint density at radius 1 is 1.29 bits per heavy atom. The Balaban J connectivity index is 1.83. The van der Waals surface area contributed by atoms with Gasteiger partial charge in [0.1, 0.15) is 11.4 Å². The van der Waals surface area contributed by atoms with Crippen LogP contribution < -0.4 is 4.74 Å². The number of amides is 2. The number of hydrogen-bond donors (Lipinski definition) is 0. The van der Waals surface area contributed by atoms with E-state index >= 15 is 0 Å². The Morgan fingerprint density at radius 3 is 2.61 bits per heavy atom. The van der Waals surface area contributed by atoms with Crippen LogP contribution in [0.1, 0.15) is 64.9 Å². The summed E-state index contributed by atoms with van der Waals surface area (Å²) in [5.41, 5.74) is 0.724. The van der Waals surface area contributed by atoms with Crippen LogP contribution >= 0.6 is 0 Å². The SMILES string of the molecule is CCC[C@H](C)C(=O)N1Cc2ccccc2OC2(CCC(N(C)C(C)=O)CC2)C1. The molecule has 1 aromatic rings. The van der Waals surface area contributed by atoms with Crippen molar-refractivity contribution in [1.29, 1.82) is 0 Å². The number of nitrogens with zero attached hydrogens (tertiary/aromatic N) is 2. The van der Waals surface area contributed by atoms with Crippen molar-refractivity contribution in [2.45, 2.75) is 77.5 Å². The third-order valence-corrected chi connectivity index (χ3v) is 6.51. The maximum atomic E-state index is 13.2. The summed E-state index contributed by atoms with van der Waals surface area (Å²) in [5.74, 6) is 1.27. The number of rotatable bonds is 4. The minimum Gasteiger partial charge on any atom is -0.485 e. The number of benzene rings is 1. The highest BCUT2D eigenvalue weighted by molar-refractivity contribution is 5.78. The largest absolute Gasteiger partial charge is 0.485 e. The van der Waals surface area contributed by atoms with Gasteiger partial charge in [-0.1, -0.05) is 38.5 Å². The van der Waals surface area contributed by atoms with Crippen molar-refractivity contribution in [2.75, 3.05) is 13.6 Å². The summed E-state index contributed by atoms with van der Waals surface area (Å²) < 4.78 is 6.60. The van der Waals surface area contributed by atoms with E-state index in [1.807, 2.05) is 42.0 Å². The maximum absolute atomic E-state index is 13.2. The molecule has 1 saturated carbocycles. The molecule has 0 aromatic heterocycles. The number of ether oxygens (including phenoxy) is 1. The van der Waals surface area contributed by atoms with Crippen LogP contribution in [0.25, 0.3) is 0 Å². The van der Waals surface area contributed by atoms with E-state index in [4.69, 9.17) is 4.74 Å². The standard InChI is InChI=1S/C23H34N2O3/c1-5-8-17(2)22(27)25-15-19-9-6-7-10-21(19)28-23(16-25)13-11-20(12-14-23)24(4)18(3)26/h6-7,9-10,17,20H,5,8,11-16H2,1-4H3/t17-,20?,23?/m0/s1. The molecule has 1 aromatic carbocycles. The molecule has 154 valence electrons. The van der Waals surface area contributed by atoms with Crippen LogP contribution in [0.3, 0.4) is 0 Å². The number of hydrogen-bond acceptors (Lipinski definition) is 3. The second kappa shape index (κ2) is 8.54. The van der Waals surface area contributed by atoms with Gasteiger partial charge in [0.2, 0.25) is 11.8 Å². The summed E-state index contributed by atoms with van der Waals surface area (Å²) in [4.78, 5) is 28.8. The average Bonchev–Trinajstić information content (AvgIpc) is 2.84. The molecule has 1 spiro atoms. The van der Waals surface area contributed by atoms with Crippen LogP contribution in [0.2, 0.25) is 0 Å². The first-order valence-corrected chi connectivity index (χ1v) is 10.6. The Bertz CT molecular complexity index is 710. The van der Waals surface area contributed by atoms with Gasteiger partial charge in [-0.3, -0.25) is 9.59 Å². The fourth-order valence-electron chi connectivity index (χ4n) is 4.67. The first-order chi connectivity index (χ1) is 13.3. The lowest BCUT2D eigenvalue weighted by Gasteiger charge is -2.43. The molecule has 0 unspecified atom stereocenters. The molecule has 0 N–H and O–H groups in total. The van der Waals surface area contributed by atoms with Gasteiger partial charge < -0.3 is 14.5 Å². The molecule has 0 saturated heterocycles. The second-order valence-electron chi connectivity index (χ2n) is 8.64. The summed E-state index contributed by atoms with van der Waals surface area (Å²) in [5, 5.41) is 0. The van der Waals surface area contributed by atoms with E-state index in [9.17, 15) is 9.59 Å². The number of para-hydroxylation sites is 1. The van der Waals surface area contributed by atoms with Crippen molar-refractivity contribution in [3.8, 4) is 5.75 Å². The van der Waals surface area contributed by atoms with Gasteiger partial charge in [0.25, 0.3) is 0 Å². The predicted octanol–water partition coefficient (Wildman–Crippen LogP) is 4.00. The lowest BCUT2D eigenvalue weighted by atomic mass is 9.80. The molecule has 5 heteroatoms. The molecule has 1 heterocycles. The lowest BCUT2D eigenvalue weighted by molar-refractivity contribution is -0.139. The Morgan fingerprint density at radius 2 is 1.96 bits per heavy atom. The molecule has 1 aliphatic carbocycles. The number of carbonyl (C=O) groups excluding carboxylic acids is 2. The highest BCUT2D eigenvalue weighted by Gasteiger charge is 2.43. The van der Waals surface area contributed by atoms with Crippen LogP contribution in [0.5, 0.6) is 5.75 Å². The smallest absolute Gasteiger partial charge is 0.225 e. The van der Waals surface area contributed by atoms with Crippen molar-refractivity contribution in [2.24, 2.45) is 5.92 Å². The molecular weight excluding hydrogens is 352 g/mol. The minimum atomic E-state index is -0.359. The number of fused-ring (bicyclic) bond motifs is 1. The zero-order chi connectivity index (χ0) is 20.3. The van der Waals surface area contributed by atoms with Gasteiger partial charge in [0.05, 0.1) is 6.54 Å². The molecule has 2 amide bonds. The summed E-state index contributed by atoms with van der Waals surface area (Å²) >= 11 is 0. The van der Waals surface area contributed by atoms with Crippen molar-refractivity contribution >= 4 is 11.8 Å². The molecule has 1 atom stereocenters. The van der Waals surface area contributed by atoms with Crippen LogP contribution in [-0.2, 0) is 16.1 Å². The normalized spacial score (nSPS) is 25.4. The fourth-order valence-corrected chi connectivity index (χ4v) is 4.67. The molecule has 0 radical (unpaired) electrons. The zero-order valence-corrected chi connectivity index (χ0v) is 17.7. The van der Waals surface area contributed by atoms with Crippen molar-refractivity contribution in [1.82, 2.24) is 9.80 Å². The Labute approximate surface area is 169 Å². The number of carbonyl (C=O) groups is 2. The molecule has 2 aliphatic rings. The zero-order valence-electron chi connectivity index (χ0n) is 17.7. The third-order valence-electron chi connectivity index (χ3n) is 6.51. The molecule has 28 heavy (non-hydrogen) atoms. The van der Waals surface area contributed by atoms with Crippen molar-refractivity contribution in [3.05, 3.63) is 29.8 Å². The molecule has 0 bridgehead atoms. The summed E-state index contributed by atoms with van der Waals surface area (Å²) in [7, 11) is 1.89. The van der Waals surface area contributed by atoms with Crippen LogP contribution in [-0.4, -0.2) is 46.8 Å². The first-order valence-electron chi connectivity index (χ1n) is 10.6. The van der Waals surface area contributed by atoms with Crippen molar-refractivity contribution < 1.29 is 14.3 Å². The highest BCUT2D eigenvalue weighted by atomic mass is 16.5. The summed E-state index contributed by atoms with van der Waals surface area (Å²) in [6.45, 7) is 7.03. The van der Waals surface area contributed by atoms with E-state index in [2.05, 4.69) is 13.0 Å². The topological polar surface area (TPSA) is 49.9 Å². The second-order valence-corrected chi connectivity index (χ2v) is 8.64. The van der Waals surface area contributed by atoms with Crippen LogP contribution in [0, 0.1) is 5.92 Å². The predicted molar refractivity (Wildman–Crippen MR) is 110 cm³/mol. The third kappa shape index (κ3) is 4.34. The average molecular weight is 387 g/mol. The van der Waals surface area contributed by atoms with E-state index in [0.29, 0.717) is 13.1 Å². The summed E-state index contributed by atoms with van der Waals surface area (Å²) in [6.07, 6.45) is 5.45. The lowest BCUT2D eigenvalue weighted by Crippen LogP contribution is -2.53. The quantitative estimate of drug-likeness (QED) is 0.786. The van der Waals surface area contributed by atoms with Gasteiger partial charge in [0.15, 0.2) is 0 Å². The van der Waals surface area contributed by atoms with Gasteiger partial charge >= 0.3 is 0 Å². The van der Waals surface area contributed by atoms with E-state index in [0.717, 1.165) is 49.8 Å². The Hall–Kier alpha value is -2.04. The molecule has 1 aliphatic heterocycles. The van der Waals surface area contributed by atoms with Crippen LogP contribution in [0.4, 0.5) is 0 Å². The fraction of sp³-hybridized carbons (Fsp3) is 0.652. The molecule has 5 nitrogen and oxygen atoms in total. The van der Waals surface area contributed by atoms with Gasteiger partial charge in [0, 0.05) is 38.0 Å². The minimum absolute atomic E-state index is 0.0347. The van der Waals surface area contributed by atoms with E-state index in [-0.39, 0.29) is 29.4 Å². The van der Waals surface area contributed by atoms with Crippen molar-refractivity contribution in [3.63, 3.8) is 0 Å². The molecular formula is C23H34N2O3. The van der Waals surface area contributed by atoms with E-state index in [1.165, 1.54) is 0 Å². The van der Waals surface area contributed by atoms with Crippen LogP contribution in [0.15, 0.2) is 24.3 Å². The molecule has 1 fully saturated rings. The van der Waals surface area contributed by atoms with Gasteiger partial charge in [-0.25, -0.2) is 0 Å². The van der Waals surface area contributed by atoms with Gasteiger partial charge in [-0.05, 0) is 38.2 Å². The highest BCUT2D eigenvalue weighted by Crippen LogP contribution is 2.39. The maximum Gasteiger partial charge on any atom is 0.225 e. The first kappa shape index (κ1) is 20.7. The van der Waals surface area contributed by atoms with Gasteiger partial charge in [-0.2, -0.15) is 0 Å².